The first-order chi connectivity index (χ1) is 17.2. The molecule has 2 amide bonds. The van der Waals surface area contributed by atoms with Gasteiger partial charge in [0.25, 0.3) is 0 Å². The van der Waals surface area contributed by atoms with E-state index in [1.807, 2.05) is 6.07 Å². The first kappa shape index (κ1) is 25.8. The quantitative estimate of drug-likeness (QED) is 0.528. The van der Waals surface area contributed by atoms with Crippen LogP contribution in [0.3, 0.4) is 0 Å². The number of rotatable bonds is 7. The molecule has 10 heteroatoms. The molecule has 36 heavy (non-hydrogen) atoms. The number of amides is 2. The molecular formula is C26H31N3O6S. The minimum Gasteiger partial charge on any atom is -0.465 e. The standard InChI is InChI=1S/C26H31N3O6S/c1-4-27(5-2)36(33,34)20-13-11-19(12-14-20)29-17-18(16-24(29)30)25(31)28-15-7-9-21-22(26(32)35-3)8-6-10-23(21)28/h6,8,10-14,18H,4-5,7,9,15-17H2,1-3H3. The number of fused-ring (bicyclic) bond motifs is 1. The lowest BCUT2D eigenvalue weighted by molar-refractivity contribution is -0.124. The van der Waals surface area contributed by atoms with Gasteiger partial charge in [0.1, 0.15) is 0 Å². The van der Waals surface area contributed by atoms with Crippen molar-refractivity contribution in [3.8, 4) is 0 Å². The van der Waals surface area contributed by atoms with Gasteiger partial charge in [0.15, 0.2) is 0 Å². The van der Waals surface area contributed by atoms with Crippen molar-refractivity contribution in [2.24, 2.45) is 5.92 Å². The molecule has 1 unspecified atom stereocenters. The van der Waals surface area contributed by atoms with Crippen molar-refractivity contribution in [1.82, 2.24) is 4.31 Å². The summed E-state index contributed by atoms with van der Waals surface area (Å²) in [6.45, 7) is 5.03. The van der Waals surface area contributed by atoms with Crippen LogP contribution in [0.25, 0.3) is 0 Å². The monoisotopic (exact) mass is 513 g/mol. The van der Waals surface area contributed by atoms with Crippen LogP contribution in [0.5, 0.6) is 0 Å². The molecule has 2 heterocycles. The van der Waals surface area contributed by atoms with Gasteiger partial charge in [-0.15, -0.1) is 0 Å². The number of anilines is 2. The van der Waals surface area contributed by atoms with Gasteiger partial charge in [-0.1, -0.05) is 19.9 Å². The largest absolute Gasteiger partial charge is 0.465 e. The second-order valence-corrected chi connectivity index (χ2v) is 10.8. The summed E-state index contributed by atoms with van der Waals surface area (Å²) in [7, 11) is -2.27. The maximum absolute atomic E-state index is 13.5. The highest BCUT2D eigenvalue weighted by molar-refractivity contribution is 7.89. The fourth-order valence-corrected chi connectivity index (χ4v) is 6.47. The Balaban J connectivity index is 1.53. The molecule has 0 aliphatic carbocycles. The third-order valence-electron chi connectivity index (χ3n) is 6.89. The fourth-order valence-electron chi connectivity index (χ4n) is 5.01. The normalized spacial score (nSPS) is 17.9. The number of sulfonamides is 1. The maximum atomic E-state index is 13.5. The van der Waals surface area contributed by atoms with Crippen molar-refractivity contribution >= 4 is 39.2 Å². The number of carbonyl (C=O) groups is 3. The summed E-state index contributed by atoms with van der Waals surface area (Å²) in [5.41, 5.74) is 2.48. The Kier molecular flexibility index (Phi) is 7.46. The molecule has 2 aliphatic heterocycles. The van der Waals surface area contributed by atoms with Crippen molar-refractivity contribution in [3.05, 3.63) is 53.6 Å². The molecule has 0 saturated carbocycles. The van der Waals surface area contributed by atoms with E-state index in [4.69, 9.17) is 4.74 Å². The highest BCUT2D eigenvalue weighted by Crippen LogP contribution is 2.34. The van der Waals surface area contributed by atoms with E-state index in [2.05, 4.69) is 0 Å². The second kappa shape index (κ2) is 10.4. The van der Waals surface area contributed by atoms with Crippen LogP contribution in [0, 0.1) is 5.92 Å². The highest BCUT2D eigenvalue weighted by Gasteiger charge is 2.39. The van der Waals surface area contributed by atoms with E-state index in [0.717, 1.165) is 5.56 Å². The van der Waals surface area contributed by atoms with E-state index in [0.29, 0.717) is 49.4 Å². The molecule has 1 atom stereocenters. The first-order valence-electron chi connectivity index (χ1n) is 12.1. The number of carbonyl (C=O) groups excluding carboxylic acids is 3. The van der Waals surface area contributed by atoms with Crippen LogP contribution in [0.1, 0.15) is 42.6 Å². The Hall–Kier alpha value is -3.24. The molecule has 9 nitrogen and oxygen atoms in total. The minimum atomic E-state index is -3.60. The lowest BCUT2D eigenvalue weighted by Gasteiger charge is -2.32. The Morgan fingerprint density at radius 1 is 1.08 bits per heavy atom. The van der Waals surface area contributed by atoms with Gasteiger partial charge in [-0.25, -0.2) is 13.2 Å². The first-order valence-corrected chi connectivity index (χ1v) is 13.6. The average molecular weight is 514 g/mol. The molecule has 2 aromatic rings. The average Bonchev–Trinajstić information content (AvgIpc) is 3.29. The van der Waals surface area contributed by atoms with E-state index in [-0.39, 0.29) is 29.7 Å². The zero-order valence-electron chi connectivity index (χ0n) is 20.8. The van der Waals surface area contributed by atoms with Crippen molar-refractivity contribution in [1.29, 1.82) is 0 Å². The molecule has 1 fully saturated rings. The Labute approximate surface area is 211 Å². The van der Waals surface area contributed by atoms with Gasteiger partial charge in [-0.05, 0) is 54.8 Å². The number of benzene rings is 2. The molecule has 0 N–H and O–H groups in total. The minimum absolute atomic E-state index is 0.0703. The maximum Gasteiger partial charge on any atom is 0.338 e. The zero-order chi connectivity index (χ0) is 26.0. The van der Waals surface area contributed by atoms with Crippen molar-refractivity contribution in [3.63, 3.8) is 0 Å². The van der Waals surface area contributed by atoms with E-state index < -0.39 is 21.9 Å². The molecule has 192 valence electrons. The SMILES string of the molecule is CCN(CC)S(=O)(=O)c1ccc(N2CC(C(=O)N3CCCc4c(C(=O)OC)cccc43)CC2=O)cc1. The van der Waals surface area contributed by atoms with Crippen LogP contribution in [-0.4, -0.2) is 63.8 Å². The fraction of sp³-hybridized carbons (Fsp3) is 0.423. The van der Waals surface area contributed by atoms with Crippen LogP contribution >= 0.6 is 0 Å². The number of hydrogen-bond donors (Lipinski definition) is 0. The Morgan fingerprint density at radius 2 is 1.78 bits per heavy atom. The lowest BCUT2D eigenvalue weighted by atomic mass is 9.94. The molecule has 0 spiro atoms. The zero-order valence-corrected chi connectivity index (χ0v) is 21.6. The van der Waals surface area contributed by atoms with Crippen LogP contribution in [0.4, 0.5) is 11.4 Å². The van der Waals surface area contributed by atoms with E-state index in [1.54, 1.807) is 43.0 Å². The number of nitrogens with zero attached hydrogens (tertiary/aromatic N) is 3. The van der Waals surface area contributed by atoms with Gasteiger partial charge in [0.2, 0.25) is 21.8 Å². The van der Waals surface area contributed by atoms with Crippen molar-refractivity contribution < 1.29 is 27.5 Å². The molecule has 2 aliphatic rings. The van der Waals surface area contributed by atoms with E-state index in [9.17, 15) is 22.8 Å². The third kappa shape index (κ3) is 4.62. The van der Waals surface area contributed by atoms with Gasteiger partial charge < -0.3 is 14.5 Å². The summed E-state index contributed by atoms with van der Waals surface area (Å²) < 4.78 is 31.8. The van der Waals surface area contributed by atoms with Crippen LogP contribution in [-0.2, 0) is 30.8 Å². The molecule has 0 radical (unpaired) electrons. The molecule has 0 aromatic heterocycles. The smallest absolute Gasteiger partial charge is 0.338 e. The van der Waals surface area contributed by atoms with Crippen molar-refractivity contribution in [2.75, 3.05) is 43.1 Å². The van der Waals surface area contributed by atoms with Gasteiger partial charge in [0.05, 0.1) is 23.5 Å². The van der Waals surface area contributed by atoms with Crippen LogP contribution in [0.15, 0.2) is 47.4 Å². The topological polar surface area (TPSA) is 104 Å². The number of hydrogen-bond acceptors (Lipinski definition) is 6. The summed E-state index contributed by atoms with van der Waals surface area (Å²) in [6, 6.07) is 11.5. The molecule has 4 rings (SSSR count). The van der Waals surface area contributed by atoms with Crippen molar-refractivity contribution in [2.45, 2.75) is 38.0 Å². The second-order valence-electron chi connectivity index (χ2n) is 8.88. The highest BCUT2D eigenvalue weighted by atomic mass is 32.2. The van der Waals surface area contributed by atoms with Gasteiger partial charge >= 0.3 is 5.97 Å². The Bertz CT molecular complexity index is 1270. The van der Waals surface area contributed by atoms with E-state index >= 15 is 0 Å². The summed E-state index contributed by atoms with van der Waals surface area (Å²) in [5, 5.41) is 0. The third-order valence-corrected chi connectivity index (χ3v) is 8.95. The summed E-state index contributed by atoms with van der Waals surface area (Å²) >= 11 is 0. The van der Waals surface area contributed by atoms with Crippen LogP contribution < -0.4 is 9.80 Å². The summed E-state index contributed by atoms with van der Waals surface area (Å²) in [5.74, 6) is -1.32. The molecule has 0 bridgehead atoms. The molecule has 2 aromatic carbocycles. The lowest BCUT2D eigenvalue weighted by Crippen LogP contribution is -2.41. The Morgan fingerprint density at radius 3 is 2.42 bits per heavy atom. The summed E-state index contributed by atoms with van der Waals surface area (Å²) in [6.07, 6.45) is 1.45. The number of ether oxygens (including phenoxy) is 1. The predicted octanol–water partition coefficient (Wildman–Crippen LogP) is 2.84. The van der Waals surface area contributed by atoms with Gasteiger partial charge in [-0.3, -0.25) is 9.59 Å². The van der Waals surface area contributed by atoms with E-state index in [1.165, 1.54) is 28.4 Å². The predicted molar refractivity (Wildman–Crippen MR) is 135 cm³/mol. The molecular weight excluding hydrogens is 482 g/mol. The van der Waals surface area contributed by atoms with Crippen LogP contribution in [0.2, 0.25) is 0 Å². The number of methoxy groups -OCH3 is 1. The number of esters is 1. The molecule has 1 saturated heterocycles. The van der Waals surface area contributed by atoms with Gasteiger partial charge in [0, 0.05) is 44.0 Å². The summed E-state index contributed by atoms with van der Waals surface area (Å²) in [4.78, 5) is 41.9. The van der Waals surface area contributed by atoms with Gasteiger partial charge in [-0.2, -0.15) is 4.31 Å².